The largest absolute Gasteiger partial charge is 0.379 e. The van der Waals surface area contributed by atoms with Gasteiger partial charge < -0.3 is 15.4 Å². The molecule has 0 amide bonds. The van der Waals surface area contributed by atoms with Crippen LogP contribution in [0.1, 0.15) is 42.4 Å². The first-order chi connectivity index (χ1) is 13.5. The Bertz CT molecular complexity index is 745. The van der Waals surface area contributed by atoms with Gasteiger partial charge in [0.05, 0.1) is 31.5 Å². The van der Waals surface area contributed by atoms with Crippen LogP contribution in [0.25, 0.3) is 0 Å². The van der Waals surface area contributed by atoms with E-state index in [4.69, 9.17) is 9.72 Å². The molecule has 8 heteroatoms. The van der Waals surface area contributed by atoms with Crippen LogP contribution in [0.4, 0.5) is 0 Å². The van der Waals surface area contributed by atoms with Crippen LogP contribution in [0.5, 0.6) is 0 Å². The molecule has 3 heterocycles. The highest BCUT2D eigenvalue weighted by Crippen LogP contribution is 2.26. The molecule has 0 bridgehead atoms. The number of guanidine groups is 1. The number of thiophene rings is 1. The minimum atomic E-state index is 0.0841. The molecule has 1 atom stereocenters. The van der Waals surface area contributed by atoms with Crippen LogP contribution in [-0.2, 0) is 16.7 Å². The molecule has 0 spiro atoms. The van der Waals surface area contributed by atoms with Gasteiger partial charge in [0.15, 0.2) is 5.96 Å². The second kappa shape index (κ2) is 9.82. The van der Waals surface area contributed by atoms with Crippen LogP contribution in [0.2, 0.25) is 0 Å². The lowest BCUT2D eigenvalue weighted by Crippen LogP contribution is -2.46. The van der Waals surface area contributed by atoms with Gasteiger partial charge in [0.25, 0.3) is 0 Å². The van der Waals surface area contributed by atoms with Crippen molar-refractivity contribution in [1.82, 2.24) is 20.5 Å². The lowest BCUT2D eigenvalue weighted by Gasteiger charge is -2.34. The zero-order valence-electron chi connectivity index (χ0n) is 17.2. The Balaban J connectivity index is 1.56. The van der Waals surface area contributed by atoms with Crippen LogP contribution >= 0.6 is 22.7 Å². The SMILES string of the molecule is CN=C(NCc1nc(C(C)(C)C)cs1)NCC(c1cccs1)N1CCOCC1. The number of nitrogens with one attached hydrogen (secondary N) is 2. The van der Waals surface area contributed by atoms with E-state index in [0.717, 1.165) is 49.5 Å². The van der Waals surface area contributed by atoms with Crippen LogP contribution in [0.15, 0.2) is 27.9 Å². The van der Waals surface area contributed by atoms with Gasteiger partial charge >= 0.3 is 0 Å². The summed E-state index contributed by atoms with van der Waals surface area (Å²) in [6.07, 6.45) is 0. The topological polar surface area (TPSA) is 61.8 Å². The van der Waals surface area contributed by atoms with Crippen molar-refractivity contribution in [3.63, 3.8) is 0 Å². The zero-order valence-corrected chi connectivity index (χ0v) is 18.8. The van der Waals surface area contributed by atoms with Gasteiger partial charge in [-0.05, 0) is 11.4 Å². The van der Waals surface area contributed by atoms with Crippen molar-refractivity contribution in [3.8, 4) is 0 Å². The number of rotatable bonds is 6. The Morgan fingerprint density at radius 3 is 2.68 bits per heavy atom. The highest BCUT2D eigenvalue weighted by atomic mass is 32.1. The number of morpholine rings is 1. The van der Waals surface area contributed by atoms with Gasteiger partial charge in [-0.1, -0.05) is 26.8 Å². The number of aliphatic imine (C=N–C) groups is 1. The van der Waals surface area contributed by atoms with Gasteiger partial charge in [0, 0.05) is 42.4 Å². The smallest absolute Gasteiger partial charge is 0.191 e. The fraction of sp³-hybridized carbons (Fsp3) is 0.600. The molecule has 2 aromatic heterocycles. The Labute approximate surface area is 176 Å². The Kier molecular flexibility index (Phi) is 7.45. The third kappa shape index (κ3) is 5.76. The molecule has 6 nitrogen and oxygen atoms in total. The minimum Gasteiger partial charge on any atom is -0.379 e. The third-order valence-corrected chi connectivity index (χ3v) is 6.59. The maximum absolute atomic E-state index is 5.53. The highest BCUT2D eigenvalue weighted by molar-refractivity contribution is 7.10. The Morgan fingerprint density at radius 2 is 2.07 bits per heavy atom. The summed E-state index contributed by atoms with van der Waals surface area (Å²) >= 11 is 3.51. The summed E-state index contributed by atoms with van der Waals surface area (Å²) in [5, 5.41) is 12.3. The first-order valence-corrected chi connectivity index (χ1v) is 11.5. The van der Waals surface area contributed by atoms with Gasteiger partial charge in [-0.3, -0.25) is 9.89 Å². The monoisotopic (exact) mass is 421 g/mol. The first-order valence-electron chi connectivity index (χ1n) is 9.72. The molecule has 1 saturated heterocycles. The fourth-order valence-corrected chi connectivity index (χ4v) is 4.91. The van der Waals surface area contributed by atoms with Crippen molar-refractivity contribution in [2.24, 2.45) is 4.99 Å². The standard InChI is InChI=1S/C20H31N5OS2/c1-20(2,3)17-14-28-18(24-17)13-23-19(21-4)22-12-15(16-6-5-11-27-16)25-7-9-26-10-8-25/h5-6,11,14-15H,7-10,12-13H2,1-4H3,(H2,21,22,23). The Hall–Kier alpha value is -1.48. The van der Waals surface area contributed by atoms with E-state index in [0.29, 0.717) is 12.6 Å². The molecule has 2 aromatic rings. The summed E-state index contributed by atoms with van der Waals surface area (Å²) in [7, 11) is 1.81. The molecular weight excluding hydrogens is 390 g/mol. The van der Waals surface area contributed by atoms with E-state index >= 15 is 0 Å². The lowest BCUT2D eigenvalue weighted by atomic mass is 9.93. The molecule has 154 valence electrons. The summed E-state index contributed by atoms with van der Waals surface area (Å²) in [6.45, 7) is 11.6. The average Bonchev–Trinajstić information content (AvgIpc) is 3.37. The molecule has 1 aliphatic rings. The number of nitrogens with zero attached hydrogens (tertiary/aromatic N) is 3. The Morgan fingerprint density at radius 1 is 1.29 bits per heavy atom. The van der Waals surface area contributed by atoms with Crippen molar-refractivity contribution < 1.29 is 4.74 Å². The van der Waals surface area contributed by atoms with Crippen molar-refractivity contribution in [2.45, 2.75) is 38.8 Å². The van der Waals surface area contributed by atoms with E-state index < -0.39 is 0 Å². The van der Waals surface area contributed by atoms with E-state index in [9.17, 15) is 0 Å². The molecule has 3 rings (SSSR count). The second-order valence-corrected chi connectivity index (χ2v) is 9.78. The lowest BCUT2D eigenvalue weighted by molar-refractivity contribution is 0.0177. The predicted molar refractivity (Wildman–Crippen MR) is 118 cm³/mol. The number of hydrogen-bond acceptors (Lipinski definition) is 6. The normalized spacial score (nSPS) is 17.5. The van der Waals surface area contributed by atoms with Crippen molar-refractivity contribution in [1.29, 1.82) is 0 Å². The highest BCUT2D eigenvalue weighted by Gasteiger charge is 2.23. The van der Waals surface area contributed by atoms with Gasteiger partial charge in [-0.15, -0.1) is 22.7 Å². The van der Waals surface area contributed by atoms with E-state index in [-0.39, 0.29) is 5.41 Å². The first kappa shape index (κ1) is 21.2. The van der Waals surface area contributed by atoms with E-state index in [1.807, 2.05) is 18.4 Å². The van der Waals surface area contributed by atoms with E-state index in [2.05, 4.69) is 64.2 Å². The van der Waals surface area contributed by atoms with Gasteiger partial charge in [0.1, 0.15) is 5.01 Å². The molecule has 0 aliphatic carbocycles. The summed E-state index contributed by atoms with van der Waals surface area (Å²) in [5.74, 6) is 0.808. The molecule has 1 aliphatic heterocycles. The minimum absolute atomic E-state index is 0.0841. The van der Waals surface area contributed by atoms with Crippen molar-refractivity contribution in [3.05, 3.63) is 38.5 Å². The number of thiazole rings is 1. The van der Waals surface area contributed by atoms with Gasteiger partial charge in [-0.25, -0.2) is 4.98 Å². The molecule has 28 heavy (non-hydrogen) atoms. The summed E-state index contributed by atoms with van der Waals surface area (Å²) in [5.41, 5.74) is 1.23. The maximum atomic E-state index is 5.53. The van der Waals surface area contributed by atoms with Crippen LogP contribution in [0.3, 0.4) is 0 Å². The predicted octanol–water partition coefficient (Wildman–Crippen LogP) is 3.24. The van der Waals surface area contributed by atoms with Crippen LogP contribution in [-0.4, -0.2) is 55.7 Å². The quantitative estimate of drug-likeness (QED) is 0.554. The number of ether oxygens (including phenoxy) is 1. The van der Waals surface area contributed by atoms with Gasteiger partial charge in [0.2, 0.25) is 0 Å². The zero-order chi connectivity index (χ0) is 20.0. The van der Waals surface area contributed by atoms with E-state index in [1.165, 1.54) is 4.88 Å². The van der Waals surface area contributed by atoms with Crippen molar-refractivity contribution in [2.75, 3.05) is 39.9 Å². The molecule has 0 radical (unpaired) electrons. The molecular formula is C20H31N5OS2. The molecule has 0 aromatic carbocycles. The van der Waals surface area contributed by atoms with Crippen LogP contribution in [0, 0.1) is 0 Å². The molecule has 2 N–H and O–H groups in total. The molecule has 1 unspecified atom stereocenters. The number of hydrogen-bond donors (Lipinski definition) is 2. The third-order valence-electron chi connectivity index (χ3n) is 4.77. The number of aromatic nitrogens is 1. The second-order valence-electron chi connectivity index (χ2n) is 7.86. The van der Waals surface area contributed by atoms with Crippen LogP contribution < -0.4 is 10.6 Å². The summed E-state index contributed by atoms with van der Waals surface area (Å²) < 4.78 is 5.53. The van der Waals surface area contributed by atoms with E-state index in [1.54, 1.807) is 11.3 Å². The molecule has 0 saturated carbocycles. The van der Waals surface area contributed by atoms with Crippen molar-refractivity contribution >= 4 is 28.6 Å². The van der Waals surface area contributed by atoms with Gasteiger partial charge in [-0.2, -0.15) is 0 Å². The average molecular weight is 422 g/mol. The summed E-state index contributed by atoms with van der Waals surface area (Å²) in [6, 6.07) is 4.66. The molecule has 1 fully saturated rings. The maximum Gasteiger partial charge on any atom is 0.191 e. The summed E-state index contributed by atoms with van der Waals surface area (Å²) in [4.78, 5) is 13.0. The fourth-order valence-electron chi connectivity index (χ4n) is 3.09.